The van der Waals surface area contributed by atoms with Crippen molar-refractivity contribution in [2.45, 2.75) is 50.6 Å². The Morgan fingerprint density at radius 2 is 1.91 bits per heavy atom. The molecule has 1 amide bonds. The van der Waals surface area contributed by atoms with Crippen LogP contribution in [0.15, 0.2) is 61.2 Å². The van der Waals surface area contributed by atoms with E-state index in [2.05, 4.69) is 68.4 Å². The number of hydrogen-bond acceptors (Lipinski definition) is 3. The van der Waals surface area contributed by atoms with Gasteiger partial charge in [0.15, 0.2) is 0 Å². The molecular formula is C26H27N5O. The van der Waals surface area contributed by atoms with E-state index < -0.39 is 0 Å². The maximum atomic E-state index is 12.7. The highest BCUT2D eigenvalue weighted by Gasteiger charge is 2.41. The molecule has 2 aliphatic rings. The van der Waals surface area contributed by atoms with Crippen molar-refractivity contribution in [3.8, 4) is 22.4 Å². The van der Waals surface area contributed by atoms with Crippen LogP contribution in [0.3, 0.4) is 0 Å². The number of imidazole rings is 1. The Balaban J connectivity index is 1.22. The second-order valence-corrected chi connectivity index (χ2v) is 9.61. The van der Waals surface area contributed by atoms with Crippen LogP contribution in [0.25, 0.3) is 33.3 Å². The van der Waals surface area contributed by atoms with Gasteiger partial charge in [-0.25, -0.2) is 4.98 Å². The van der Waals surface area contributed by atoms with Crippen molar-refractivity contribution in [2.24, 2.45) is 5.92 Å². The van der Waals surface area contributed by atoms with E-state index in [9.17, 15) is 4.79 Å². The number of nitrogens with one attached hydrogen (secondary N) is 2. The standard InChI is InChI=1S/C26H27N5O/c1-26(11-12-26)29-25(32)19-9-10-20(13-19)31-16-27-15-24(31)18-7-5-17(6-8-18)21-3-2-4-23-22(21)14-28-30-23/h2-8,14-16,19-20H,9-13H2,1H3,(H,28,30)(H,29,32)/t19-,20+/m0/s1. The van der Waals surface area contributed by atoms with Crippen LogP contribution in [0.4, 0.5) is 0 Å². The van der Waals surface area contributed by atoms with Gasteiger partial charge in [0.05, 0.1) is 29.9 Å². The summed E-state index contributed by atoms with van der Waals surface area (Å²) in [5, 5.41) is 11.6. The van der Waals surface area contributed by atoms with Gasteiger partial charge in [0, 0.05) is 22.9 Å². The molecule has 2 atom stereocenters. The van der Waals surface area contributed by atoms with Crippen molar-refractivity contribution < 1.29 is 4.79 Å². The zero-order valence-electron chi connectivity index (χ0n) is 18.2. The summed E-state index contributed by atoms with van der Waals surface area (Å²) >= 11 is 0. The lowest BCUT2D eigenvalue weighted by Gasteiger charge is -2.18. The number of amides is 1. The predicted molar refractivity (Wildman–Crippen MR) is 125 cm³/mol. The van der Waals surface area contributed by atoms with Crippen LogP contribution >= 0.6 is 0 Å². The van der Waals surface area contributed by atoms with Gasteiger partial charge in [-0.1, -0.05) is 36.4 Å². The summed E-state index contributed by atoms with van der Waals surface area (Å²) in [6, 6.07) is 15.2. The second-order valence-electron chi connectivity index (χ2n) is 9.61. The molecule has 2 aliphatic carbocycles. The first kappa shape index (κ1) is 19.3. The predicted octanol–water partition coefficient (Wildman–Crippen LogP) is 5.10. The maximum Gasteiger partial charge on any atom is 0.223 e. The molecule has 162 valence electrons. The molecule has 6 nitrogen and oxygen atoms in total. The van der Waals surface area contributed by atoms with Gasteiger partial charge in [0.25, 0.3) is 0 Å². The zero-order valence-corrected chi connectivity index (χ0v) is 18.2. The number of fused-ring (bicyclic) bond motifs is 1. The molecule has 2 fully saturated rings. The Morgan fingerprint density at radius 3 is 2.72 bits per heavy atom. The van der Waals surface area contributed by atoms with Crippen molar-refractivity contribution in [1.29, 1.82) is 0 Å². The van der Waals surface area contributed by atoms with Crippen molar-refractivity contribution in [2.75, 3.05) is 0 Å². The first-order chi connectivity index (χ1) is 15.6. The molecule has 2 N–H and O–H groups in total. The van der Waals surface area contributed by atoms with Crippen molar-refractivity contribution in [3.05, 3.63) is 61.2 Å². The van der Waals surface area contributed by atoms with Crippen molar-refractivity contribution in [3.63, 3.8) is 0 Å². The number of benzene rings is 2. The third-order valence-electron chi connectivity index (χ3n) is 7.24. The lowest BCUT2D eigenvalue weighted by Crippen LogP contribution is -2.38. The van der Waals surface area contributed by atoms with Gasteiger partial charge in [-0.15, -0.1) is 0 Å². The number of H-pyrrole nitrogens is 1. The summed E-state index contributed by atoms with van der Waals surface area (Å²) in [6.45, 7) is 2.14. The Hall–Kier alpha value is -3.41. The molecule has 0 unspecified atom stereocenters. The van der Waals surface area contributed by atoms with Gasteiger partial charge in [-0.3, -0.25) is 9.89 Å². The Morgan fingerprint density at radius 1 is 1.09 bits per heavy atom. The van der Waals surface area contributed by atoms with E-state index in [0.29, 0.717) is 6.04 Å². The number of rotatable bonds is 5. The van der Waals surface area contributed by atoms with Gasteiger partial charge < -0.3 is 9.88 Å². The van der Waals surface area contributed by atoms with Crippen LogP contribution in [-0.2, 0) is 4.79 Å². The van der Waals surface area contributed by atoms with Crippen LogP contribution < -0.4 is 5.32 Å². The van der Waals surface area contributed by atoms with E-state index in [-0.39, 0.29) is 17.4 Å². The lowest BCUT2D eigenvalue weighted by atomic mass is 10.00. The van der Waals surface area contributed by atoms with E-state index >= 15 is 0 Å². The molecule has 6 rings (SSSR count). The SMILES string of the molecule is CC1(NC(=O)[C@H]2CC[C@@H](n3cncc3-c3ccc(-c4cccc5[nH]ncc45)cc3)C2)CC1. The highest BCUT2D eigenvalue weighted by Crippen LogP contribution is 2.40. The summed E-state index contributed by atoms with van der Waals surface area (Å²) in [6.07, 6.45) is 10.8. The van der Waals surface area contributed by atoms with Crippen LogP contribution in [0.1, 0.15) is 45.1 Å². The molecule has 6 heteroatoms. The number of nitrogens with zero attached hydrogens (tertiary/aromatic N) is 3. The number of carbonyl (C=O) groups is 1. The molecule has 4 aromatic rings. The van der Waals surface area contributed by atoms with Gasteiger partial charge in [0.1, 0.15) is 0 Å². The van der Waals surface area contributed by atoms with E-state index in [4.69, 9.17) is 0 Å². The number of aromatic nitrogens is 4. The first-order valence-electron chi connectivity index (χ1n) is 11.5. The fourth-order valence-corrected chi connectivity index (χ4v) is 5.02. The number of carbonyl (C=O) groups excluding carboxylic acids is 1. The largest absolute Gasteiger partial charge is 0.351 e. The Labute approximate surface area is 187 Å². The molecule has 2 heterocycles. The second kappa shape index (κ2) is 7.33. The highest BCUT2D eigenvalue weighted by atomic mass is 16.2. The summed E-state index contributed by atoms with van der Waals surface area (Å²) in [7, 11) is 0. The molecule has 2 aromatic carbocycles. The molecule has 0 aliphatic heterocycles. The first-order valence-corrected chi connectivity index (χ1v) is 11.5. The third-order valence-corrected chi connectivity index (χ3v) is 7.24. The summed E-state index contributed by atoms with van der Waals surface area (Å²) in [4.78, 5) is 17.1. The lowest BCUT2D eigenvalue weighted by molar-refractivity contribution is -0.125. The molecule has 0 saturated heterocycles. The van der Waals surface area contributed by atoms with Gasteiger partial charge >= 0.3 is 0 Å². The third kappa shape index (κ3) is 3.40. The average molecular weight is 426 g/mol. The van der Waals surface area contributed by atoms with Crippen LogP contribution in [0.5, 0.6) is 0 Å². The minimum atomic E-state index is 0.0534. The quantitative estimate of drug-likeness (QED) is 0.467. The molecule has 2 saturated carbocycles. The molecule has 0 radical (unpaired) electrons. The fourth-order valence-electron chi connectivity index (χ4n) is 5.02. The number of aromatic amines is 1. The topological polar surface area (TPSA) is 75.6 Å². The van der Waals surface area contributed by atoms with E-state index in [1.807, 2.05) is 24.8 Å². The Bertz CT molecular complexity index is 1280. The van der Waals surface area contributed by atoms with Gasteiger partial charge in [0.2, 0.25) is 5.91 Å². The summed E-state index contributed by atoms with van der Waals surface area (Å²) in [5.74, 6) is 0.331. The molecule has 0 spiro atoms. The normalized spacial score (nSPS) is 21.7. The molecule has 32 heavy (non-hydrogen) atoms. The Kier molecular flexibility index (Phi) is 4.42. The minimum Gasteiger partial charge on any atom is -0.351 e. The molecule has 2 aromatic heterocycles. The van der Waals surface area contributed by atoms with Crippen LogP contribution in [0, 0.1) is 5.92 Å². The van der Waals surface area contributed by atoms with Crippen molar-refractivity contribution in [1.82, 2.24) is 25.1 Å². The number of hydrogen-bond donors (Lipinski definition) is 2. The maximum absolute atomic E-state index is 12.7. The summed E-state index contributed by atoms with van der Waals surface area (Å²) in [5.41, 5.74) is 5.68. The smallest absolute Gasteiger partial charge is 0.223 e. The monoisotopic (exact) mass is 425 g/mol. The van der Waals surface area contributed by atoms with Gasteiger partial charge in [-0.2, -0.15) is 5.10 Å². The van der Waals surface area contributed by atoms with E-state index in [1.54, 1.807) is 0 Å². The van der Waals surface area contributed by atoms with Crippen LogP contribution in [-0.4, -0.2) is 31.2 Å². The van der Waals surface area contributed by atoms with E-state index in [1.165, 1.54) is 5.56 Å². The van der Waals surface area contributed by atoms with E-state index in [0.717, 1.165) is 59.8 Å². The highest BCUT2D eigenvalue weighted by molar-refractivity contribution is 5.94. The van der Waals surface area contributed by atoms with Crippen molar-refractivity contribution >= 4 is 16.8 Å². The zero-order chi connectivity index (χ0) is 21.7. The minimum absolute atomic E-state index is 0.0534. The average Bonchev–Trinajstić information content (AvgIpc) is 3.29. The van der Waals surface area contributed by atoms with Crippen LogP contribution in [0.2, 0.25) is 0 Å². The van der Waals surface area contributed by atoms with Gasteiger partial charge in [-0.05, 0) is 61.8 Å². The summed E-state index contributed by atoms with van der Waals surface area (Å²) < 4.78 is 2.26. The molecular weight excluding hydrogens is 398 g/mol. The molecule has 0 bridgehead atoms. The fraction of sp³-hybridized carbons (Fsp3) is 0.346.